The summed E-state index contributed by atoms with van der Waals surface area (Å²) in [6, 6.07) is 15.0. The molecule has 1 aliphatic heterocycles. The number of carbonyl (C=O) groups is 1. The number of anilines is 4. The summed E-state index contributed by atoms with van der Waals surface area (Å²) in [5.74, 6) is -4.42. The monoisotopic (exact) mass is 582 g/mol. The molecule has 1 aromatic heterocycles. The van der Waals surface area contributed by atoms with Gasteiger partial charge in [-0.1, -0.05) is 17.7 Å². The first-order valence-electron chi connectivity index (χ1n) is 12.8. The van der Waals surface area contributed by atoms with Gasteiger partial charge < -0.3 is 15.5 Å². The van der Waals surface area contributed by atoms with Crippen LogP contribution in [0.25, 0.3) is 0 Å². The summed E-state index contributed by atoms with van der Waals surface area (Å²) >= 11 is 1.17. The lowest BCUT2D eigenvalue weighted by Gasteiger charge is -2.34. The standard InChI is InChI=1S/C29H26F4N6OS/c1-17-3-6-20(7-4-17)35-26-13-18(2)34-29(37-26)38-9-11-39(12-10-38)41-25-14-19(5-8-22(25)30)28(40)36-21-15-23(31)27(33)24(32)16-21/h3-8,13-16H,9-12H2,1-2H3,(H,36,40)(H,34,35,37). The van der Waals surface area contributed by atoms with Crippen LogP contribution in [0.3, 0.4) is 0 Å². The van der Waals surface area contributed by atoms with Crippen LogP contribution in [0.2, 0.25) is 0 Å². The van der Waals surface area contributed by atoms with E-state index in [1.807, 2.05) is 48.5 Å². The van der Waals surface area contributed by atoms with E-state index in [4.69, 9.17) is 0 Å². The van der Waals surface area contributed by atoms with Crippen LogP contribution in [0.4, 0.5) is 40.7 Å². The molecule has 7 nitrogen and oxygen atoms in total. The first-order valence-corrected chi connectivity index (χ1v) is 13.5. The number of nitrogens with zero attached hydrogens (tertiary/aromatic N) is 4. The fourth-order valence-corrected chi connectivity index (χ4v) is 5.17. The second-order valence-electron chi connectivity index (χ2n) is 9.55. The fraction of sp³-hybridized carbons (Fsp3) is 0.207. The smallest absolute Gasteiger partial charge is 0.255 e. The molecule has 0 saturated carbocycles. The van der Waals surface area contributed by atoms with E-state index in [1.54, 1.807) is 0 Å². The van der Waals surface area contributed by atoms with Gasteiger partial charge in [-0.25, -0.2) is 26.9 Å². The van der Waals surface area contributed by atoms with Crippen molar-refractivity contribution in [3.8, 4) is 0 Å². The molecule has 5 rings (SSSR count). The Hall–Kier alpha value is -4.16. The molecule has 0 bridgehead atoms. The van der Waals surface area contributed by atoms with Crippen LogP contribution in [0.15, 0.2) is 65.6 Å². The lowest BCUT2D eigenvalue weighted by molar-refractivity contribution is 0.102. The zero-order valence-electron chi connectivity index (χ0n) is 22.2. The number of hydrogen-bond acceptors (Lipinski definition) is 7. The first kappa shape index (κ1) is 28.4. The molecule has 2 heterocycles. The number of piperazine rings is 1. The number of benzene rings is 3. The van der Waals surface area contributed by atoms with Crippen molar-refractivity contribution in [1.29, 1.82) is 0 Å². The molecule has 0 atom stereocenters. The highest BCUT2D eigenvalue weighted by Crippen LogP contribution is 2.29. The SMILES string of the molecule is Cc1ccc(Nc2cc(C)nc(N3CCN(Sc4cc(C(=O)Nc5cc(F)c(F)c(F)c5)ccc4F)CC3)n2)cc1. The van der Waals surface area contributed by atoms with Gasteiger partial charge in [0, 0.05) is 67.0 Å². The van der Waals surface area contributed by atoms with Gasteiger partial charge in [0.05, 0.1) is 4.90 Å². The maximum absolute atomic E-state index is 14.6. The average Bonchev–Trinajstić information content (AvgIpc) is 2.94. The van der Waals surface area contributed by atoms with Crippen molar-refractivity contribution in [3.63, 3.8) is 0 Å². The van der Waals surface area contributed by atoms with Gasteiger partial charge in [0.15, 0.2) is 17.5 Å². The van der Waals surface area contributed by atoms with Crippen molar-refractivity contribution in [2.45, 2.75) is 18.7 Å². The summed E-state index contributed by atoms with van der Waals surface area (Å²) in [7, 11) is 0. The minimum atomic E-state index is -1.63. The Bertz CT molecular complexity index is 1560. The van der Waals surface area contributed by atoms with E-state index in [0.29, 0.717) is 50.1 Å². The highest BCUT2D eigenvalue weighted by Gasteiger charge is 2.22. The number of carbonyl (C=O) groups excluding carboxylic acids is 1. The molecule has 212 valence electrons. The highest BCUT2D eigenvalue weighted by molar-refractivity contribution is 7.97. The number of amides is 1. The largest absolute Gasteiger partial charge is 0.340 e. The molecule has 0 radical (unpaired) electrons. The zero-order chi connectivity index (χ0) is 29.1. The second kappa shape index (κ2) is 12.1. The fourth-order valence-electron chi connectivity index (χ4n) is 4.21. The van der Waals surface area contributed by atoms with Crippen LogP contribution in [0.1, 0.15) is 21.6 Å². The second-order valence-corrected chi connectivity index (χ2v) is 10.7. The molecular formula is C29H26F4N6OS. The van der Waals surface area contributed by atoms with E-state index in [9.17, 15) is 22.4 Å². The molecule has 3 aromatic carbocycles. The predicted molar refractivity (Wildman–Crippen MR) is 152 cm³/mol. The molecule has 0 spiro atoms. The van der Waals surface area contributed by atoms with E-state index in [2.05, 4.69) is 25.5 Å². The van der Waals surface area contributed by atoms with Gasteiger partial charge >= 0.3 is 0 Å². The predicted octanol–water partition coefficient (Wildman–Crippen LogP) is 6.48. The van der Waals surface area contributed by atoms with Crippen molar-refractivity contribution < 1.29 is 22.4 Å². The molecule has 0 unspecified atom stereocenters. The Morgan fingerprint density at radius 2 is 1.49 bits per heavy atom. The van der Waals surface area contributed by atoms with Gasteiger partial charge in [-0.2, -0.15) is 4.98 Å². The lowest BCUT2D eigenvalue weighted by atomic mass is 10.2. The number of rotatable bonds is 7. The molecule has 12 heteroatoms. The van der Waals surface area contributed by atoms with Gasteiger partial charge in [-0.3, -0.25) is 4.79 Å². The summed E-state index contributed by atoms with van der Waals surface area (Å²) in [6.07, 6.45) is 0. The zero-order valence-corrected chi connectivity index (χ0v) is 23.0. The van der Waals surface area contributed by atoms with Crippen LogP contribution in [0, 0.1) is 37.1 Å². The quantitative estimate of drug-likeness (QED) is 0.147. The summed E-state index contributed by atoms with van der Waals surface area (Å²) in [6.45, 7) is 6.29. The van der Waals surface area contributed by atoms with Crippen molar-refractivity contribution in [2.75, 3.05) is 41.7 Å². The summed E-state index contributed by atoms with van der Waals surface area (Å²) in [5, 5.41) is 5.63. The van der Waals surface area contributed by atoms with Gasteiger partial charge in [-0.05, 0) is 56.1 Å². The third kappa shape index (κ3) is 6.95. The number of aryl methyl sites for hydroxylation is 2. The van der Waals surface area contributed by atoms with Crippen LogP contribution >= 0.6 is 11.9 Å². The third-order valence-corrected chi connectivity index (χ3v) is 7.48. The van der Waals surface area contributed by atoms with Gasteiger partial charge in [0.25, 0.3) is 5.91 Å². The van der Waals surface area contributed by atoms with Crippen LogP contribution in [0.5, 0.6) is 0 Å². The van der Waals surface area contributed by atoms with Crippen molar-refractivity contribution in [1.82, 2.24) is 14.3 Å². The van der Waals surface area contributed by atoms with E-state index in [-0.39, 0.29) is 16.1 Å². The van der Waals surface area contributed by atoms with Gasteiger partial charge in [0.2, 0.25) is 5.95 Å². The number of halogens is 4. The normalized spacial score (nSPS) is 13.8. The minimum absolute atomic E-state index is 0.0828. The maximum Gasteiger partial charge on any atom is 0.255 e. The maximum atomic E-state index is 14.6. The Morgan fingerprint density at radius 3 is 2.17 bits per heavy atom. The van der Waals surface area contributed by atoms with Gasteiger partial charge in [0.1, 0.15) is 11.6 Å². The van der Waals surface area contributed by atoms with Crippen LogP contribution in [-0.4, -0.2) is 46.4 Å². The molecule has 1 aliphatic rings. The molecular weight excluding hydrogens is 556 g/mol. The summed E-state index contributed by atoms with van der Waals surface area (Å²) in [4.78, 5) is 24.2. The van der Waals surface area contributed by atoms with E-state index in [1.165, 1.54) is 29.6 Å². The third-order valence-electron chi connectivity index (χ3n) is 6.35. The van der Waals surface area contributed by atoms with Crippen molar-refractivity contribution >= 4 is 41.0 Å². The highest BCUT2D eigenvalue weighted by atomic mass is 32.2. The van der Waals surface area contributed by atoms with Crippen LogP contribution < -0.4 is 15.5 Å². The average molecular weight is 583 g/mol. The summed E-state index contributed by atoms with van der Waals surface area (Å²) < 4.78 is 56.8. The number of nitrogens with one attached hydrogen (secondary N) is 2. The number of hydrogen-bond donors (Lipinski definition) is 2. The van der Waals surface area contributed by atoms with Crippen molar-refractivity contribution in [2.24, 2.45) is 0 Å². The van der Waals surface area contributed by atoms with Gasteiger partial charge in [-0.15, -0.1) is 0 Å². The Balaban J connectivity index is 1.21. The van der Waals surface area contributed by atoms with E-state index < -0.39 is 29.2 Å². The Kier molecular flexibility index (Phi) is 8.41. The molecule has 1 fully saturated rings. The van der Waals surface area contributed by atoms with Crippen LogP contribution in [-0.2, 0) is 0 Å². The van der Waals surface area contributed by atoms with Crippen molar-refractivity contribution in [3.05, 3.63) is 101 Å². The summed E-state index contributed by atoms with van der Waals surface area (Å²) in [5.41, 5.74) is 2.75. The lowest BCUT2D eigenvalue weighted by Crippen LogP contribution is -2.44. The van der Waals surface area contributed by atoms with E-state index in [0.717, 1.165) is 17.4 Å². The minimum Gasteiger partial charge on any atom is -0.340 e. The Morgan fingerprint density at radius 1 is 0.805 bits per heavy atom. The topological polar surface area (TPSA) is 73.4 Å². The molecule has 4 aromatic rings. The first-order chi connectivity index (χ1) is 19.6. The molecule has 2 N–H and O–H groups in total. The molecule has 41 heavy (non-hydrogen) atoms. The molecule has 1 saturated heterocycles. The Labute approximate surface area is 238 Å². The number of aromatic nitrogens is 2. The molecule has 0 aliphatic carbocycles. The molecule has 1 amide bonds. The van der Waals surface area contributed by atoms with E-state index >= 15 is 0 Å².